The van der Waals surface area contributed by atoms with Gasteiger partial charge in [-0.1, -0.05) is 31.0 Å². The number of hydrogen-bond acceptors (Lipinski definition) is 10. The maximum Gasteiger partial charge on any atom is 0.380 e. The molecule has 1 aromatic carbocycles. The number of nitrogens with zero attached hydrogens (tertiary/aromatic N) is 1. The normalized spacial score (nSPS) is 26.0. The van der Waals surface area contributed by atoms with E-state index in [0.29, 0.717) is 10.8 Å². The van der Waals surface area contributed by atoms with Crippen LogP contribution in [0, 0.1) is 23.6 Å². The van der Waals surface area contributed by atoms with Gasteiger partial charge in [-0.3, -0.25) is 23.7 Å². The molecular formula is C25H31FN3O9P. The lowest BCUT2D eigenvalue weighted by Crippen LogP contribution is -2.55. The topological polar surface area (TPSA) is 172 Å². The highest BCUT2D eigenvalue weighted by Crippen LogP contribution is 2.51. The van der Waals surface area contributed by atoms with Gasteiger partial charge in [0.25, 0.3) is 5.56 Å². The predicted octanol–water partition coefficient (Wildman–Crippen LogP) is 1.53. The van der Waals surface area contributed by atoms with Gasteiger partial charge >= 0.3 is 19.3 Å². The molecular weight excluding hydrogens is 536 g/mol. The number of ether oxygens (including phenoxy) is 2. The molecule has 6 atom stereocenters. The summed E-state index contributed by atoms with van der Waals surface area (Å²) in [6.45, 7) is 2.80. The summed E-state index contributed by atoms with van der Waals surface area (Å²) < 4.78 is 67.5. The van der Waals surface area contributed by atoms with E-state index in [-0.39, 0.29) is 5.75 Å². The first kappa shape index (κ1) is 27.3. The molecule has 1 aliphatic heterocycles. The van der Waals surface area contributed by atoms with Crippen molar-refractivity contribution in [3.8, 4) is 17.6 Å². The molecule has 0 amide bonds. The number of nitrogens with two attached hydrogens (primary N) is 1. The van der Waals surface area contributed by atoms with Gasteiger partial charge in [-0.2, -0.15) is 4.39 Å². The third-order valence-corrected chi connectivity index (χ3v) is 7.39. The molecule has 2 aromatic rings. The molecule has 1 fully saturated rings. The van der Waals surface area contributed by atoms with Crippen LogP contribution in [0.2, 0.25) is 0 Å². The van der Waals surface area contributed by atoms with Crippen molar-refractivity contribution < 1.29 is 40.1 Å². The van der Waals surface area contributed by atoms with Crippen LogP contribution in [0.4, 0.5) is 4.39 Å². The van der Waals surface area contributed by atoms with Gasteiger partial charge in [-0.05, 0) is 32.9 Å². The Hall–Kier alpha value is -3.27. The smallest absolute Gasteiger partial charge is 0.380 e. The van der Waals surface area contributed by atoms with Crippen molar-refractivity contribution in [1.82, 2.24) is 9.55 Å². The Labute approximate surface area is 226 Å². The molecule has 12 nitrogen and oxygen atoms in total. The van der Waals surface area contributed by atoms with E-state index in [2.05, 4.69) is 11.8 Å². The number of aliphatic hydroxyl groups excluding tert-OH is 1. The van der Waals surface area contributed by atoms with Crippen molar-refractivity contribution in [2.45, 2.75) is 57.8 Å². The molecule has 3 rings (SSSR count). The molecule has 0 radical (unpaired) electrons. The maximum atomic E-state index is 14.1. The first-order chi connectivity index (χ1) is 19.0. The van der Waals surface area contributed by atoms with Gasteiger partial charge in [0.05, 0.1) is 33.7 Å². The van der Waals surface area contributed by atoms with Crippen LogP contribution in [0.1, 0.15) is 36.7 Å². The first-order valence-electron chi connectivity index (χ1n) is 12.8. The highest BCUT2D eigenvalue weighted by Gasteiger charge is 2.55. The molecule has 1 aliphatic rings. The van der Waals surface area contributed by atoms with Crippen LogP contribution in [0.5, 0.6) is 5.75 Å². The van der Waals surface area contributed by atoms with Crippen LogP contribution < -0.4 is 21.5 Å². The Kier molecular flexibility index (Phi) is 8.60. The maximum absolute atomic E-state index is 14.1. The van der Waals surface area contributed by atoms with E-state index in [1.54, 1.807) is 37.0 Å². The average Bonchev–Trinajstić information content (AvgIpc) is 3.12. The summed E-state index contributed by atoms with van der Waals surface area (Å²) in [5.74, 6) is 1.71. The summed E-state index contributed by atoms with van der Waals surface area (Å²) in [5.41, 5.74) is 1.54. The monoisotopic (exact) mass is 569 g/mol. The molecule has 4 N–H and O–H groups in total. The lowest BCUT2D eigenvalue weighted by Gasteiger charge is -2.28. The van der Waals surface area contributed by atoms with Gasteiger partial charge in [0, 0.05) is 0 Å². The van der Waals surface area contributed by atoms with Crippen molar-refractivity contribution in [2.75, 3.05) is 12.7 Å². The van der Waals surface area contributed by atoms with E-state index in [1.165, 1.54) is 26.0 Å². The van der Waals surface area contributed by atoms with E-state index in [9.17, 15) is 28.4 Å². The number of carbonyl (C=O) groups excluding carboxylic acids is 1. The second kappa shape index (κ2) is 12.3. The third kappa shape index (κ3) is 7.03. The van der Waals surface area contributed by atoms with Gasteiger partial charge in [0.2, 0.25) is 5.82 Å². The quantitative estimate of drug-likeness (QED) is 0.216. The van der Waals surface area contributed by atoms with Crippen molar-refractivity contribution in [1.29, 1.82) is 0 Å². The Morgan fingerprint density at radius 1 is 1.36 bits per heavy atom. The summed E-state index contributed by atoms with van der Waals surface area (Å²) >= 11 is 0. The van der Waals surface area contributed by atoms with Gasteiger partial charge in [-0.15, -0.1) is 5.92 Å². The van der Waals surface area contributed by atoms with Crippen LogP contribution >= 0.6 is 7.60 Å². The Bertz CT molecular complexity index is 1490. The number of rotatable bonds is 10. The van der Waals surface area contributed by atoms with Crippen molar-refractivity contribution in [3.63, 3.8) is 0 Å². The Morgan fingerprint density at radius 2 is 2.03 bits per heavy atom. The number of halogens is 1. The minimum atomic E-state index is -4.59. The second-order valence-electron chi connectivity index (χ2n) is 9.10. The summed E-state index contributed by atoms with van der Waals surface area (Å²) in [6, 6.07) is 7.64. The Morgan fingerprint density at radius 3 is 2.64 bits per heavy atom. The SMILES string of the molecule is [2H]C([2H])(O[P@@](=O)(C[C@@H](C)C(=O)OC(C)C)Oc1ccccc1)[C@H]1O[C@@H](n2cc(F)c(=O)[nH]c2=O)C(N)(C#CC)[C@H]1O. The number of benzene rings is 1. The molecule has 0 saturated carbocycles. The highest BCUT2D eigenvalue weighted by atomic mass is 31.2. The zero-order chi connectivity index (χ0) is 30.8. The number of para-hydroxylation sites is 1. The number of nitrogens with one attached hydrogen (secondary N) is 1. The fourth-order valence-corrected chi connectivity index (χ4v) is 5.44. The minimum absolute atomic E-state index is 0.0297. The number of aromatic nitrogens is 2. The van der Waals surface area contributed by atoms with Gasteiger partial charge in [-0.25, -0.2) is 9.36 Å². The minimum Gasteiger partial charge on any atom is -0.463 e. The molecule has 1 saturated heterocycles. The van der Waals surface area contributed by atoms with Crippen LogP contribution in [-0.2, 0) is 23.4 Å². The fraction of sp³-hybridized carbons (Fsp3) is 0.480. The molecule has 0 aliphatic carbocycles. The van der Waals surface area contributed by atoms with Crippen molar-refractivity contribution in [2.24, 2.45) is 11.7 Å². The number of esters is 1. The largest absolute Gasteiger partial charge is 0.463 e. The summed E-state index contributed by atoms with van der Waals surface area (Å²) in [4.78, 5) is 38.2. The zero-order valence-corrected chi connectivity index (χ0v) is 22.5. The molecule has 212 valence electrons. The molecule has 0 bridgehead atoms. The molecule has 1 aromatic heterocycles. The van der Waals surface area contributed by atoms with Crippen LogP contribution in [-0.4, -0.2) is 57.2 Å². The van der Waals surface area contributed by atoms with Gasteiger partial charge in [0.1, 0.15) is 18.0 Å². The van der Waals surface area contributed by atoms with E-state index in [0.717, 1.165) is 0 Å². The van der Waals surface area contributed by atoms with E-state index in [1.807, 2.05) is 0 Å². The van der Waals surface area contributed by atoms with Crippen LogP contribution in [0.3, 0.4) is 0 Å². The number of H-pyrrole nitrogens is 1. The Balaban J connectivity index is 2.01. The van der Waals surface area contributed by atoms with Crippen molar-refractivity contribution >= 4 is 13.6 Å². The zero-order valence-electron chi connectivity index (χ0n) is 23.6. The number of carbonyl (C=O) groups is 1. The molecule has 0 spiro atoms. The number of hydrogen-bond donors (Lipinski definition) is 3. The molecule has 2 heterocycles. The second-order valence-corrected chi connectivity index (χ2v) is 11.1. The van der Waals surface area contributed by atoms with Crippen molar-refractivity contribution in [3.05, 3.63) is 63.2 Å². The number of aromatic amines is 1. The van der Waals surface area contributed by atoms with Crippen LogP contribution in [0.25, 0.3) is 0 Å². The van der Waals surface area contributed by atoms with Gasteiger partial charge < -0.3 is 24.8 Å². The third-order valence-electron chi connectivity index (χ3n) is 5.53. The van der Waals surface area contributed by atoms with E-state index >= 15 is 0 Å². The summed E-state index contributed by atoms with van der Waals surface area (Å²) in [6.07, 6.45) is -6.60. The number of aliphatic hydroxyl groups is 1. The standard InChI is InChI=1S/C25H31FN3O9P/c1-5-11-25(27)20(30)19(37-23(25)29-12-18(26)21(31)28-24(29)33)13-35-39(34,38-17-9-7-6-8-10-17)14-16(4)22(32)36-15(2)3/h6-10,12,15-16,19-20,23,30H,13-14,27H2,1-4H3,(H,28,31,33)/t16-,19-,20+,23-,25?,39+/m1/s1/i13D2. The summed E-state index contributed by atoms with van der Waals surface area (Å²) in [7, 11) is -4.59. The first-order valence-corrected chi connectivity index (χ1v) is 13.6. The molecule has 39 heavy (non-hydrogen) atoms. The fourth-order valence-electron chi connectivity index (χ4n) is 3.72. The predicted molar refractivity (Wildman–Crippen MR) is 137 cm³/mol. The average molecular weight is 570 g/mol. The lowest BCUT2D eigenvalue weighted by molar-refractivity contribution is -0.151. The van der Waals surface area contributed by atoms with Gasteiger partial charge in [0.15, 0.2) is 11.8 Å². The van der Waals surface area contributed by atoms with E-state index < -0.39 is 79.3 Å². The lowest BCUT2D eigenvalue weighted by atomic mass is 9.91. The van der Waals surface area contributed by atoms with Crippen LogP contribution in [0.15, 0.2) is 46.1 Å². The summed E-state index contributed by atoms with van der Waals surface area (Å²) in [5, 5.41) is 11.1. The van der Waals surface area contributed by atoms with E-state index in [4.69, 9.17) is 27.0 Å². The highest BCUT2D eigenvalue weighted by molar-refractivity contribution is 7.54. The molecule has 14 heteroatoms. The molecule has 1 unspecified atom stereocenters.